The first-order valence-electron chi connectivity index (χ1n) is 18.4. The number of rotatable bonds is 9. The summed E-state index contributed by atoms with van der Waals surface area (Å²) in [6.07, 6.45) is 10.2. The molecule has 1 spiro atoms. The molecule has 0 bridgehead atoms. The average molecular weight is 692 g/mol. The Bertz CT molecular complexity index is 1470. The summed E-state index contributed by atoms with van der Waals surface area (Å²) >= 11 is 0. The van der Waals surface area contributed by atoms with E-state index in [2.05, 4.69) is 34.6 Å². The molecule has 0 aromatic heterocycles. The van der Waals surface area contributed by atoms with E-state index in [9.17, 15) is 24.3 Å². The van der Waals surface area contributed by atoms with Crippen molar-refractivity contribution in [2.24, 2.45) is 17.3 Å². The Morgan fingerprint density at radius 2 is 1.64 bits per heavy atom. The zero-order chi connectivity index (χ0) is 36.4. The molecule has 0 saturated carbocycles. The van der Waals surface area contributed by atoms with Gasteiger partial charge >= 0.3 is 5.97 Å². The summed E-state index contributed by atoms with van der Waals surface area (Å²) in [4.78, 5) is 62.7. The number of hydrogen-bond acceptors (Lipinski definition) is 7. The number of aliphatic hydroxyl groups excluding tert-OH is 1. The topological polar surface area (TPSA) is 117 Å². The van der Waals surface area contributed by atoms with Gasteiger partial charge in [-0.25, -0.2) is 0 Å². The summed E-state index contributed by atoms with van der Waals surface area (Å²) in [5.41, 5.74) is -1.22. The number of likely N-dealkylation sites (tertiary alicyclic amines) is 1. The molecule has 10 nitrogen and oxygen atoms in total. The fraction of sp³-hybridized carbons (Fsp3) is 0.650. The first-order valence-corrected chi connectivity index (χ1v) is 18.4. The normalized spacial score (nSPS) is 31.4. The third-order valence-corrected chi connectivity index (χ3v) is 10.9. The van der Waals surface area contributed by atoms with Crippen LogP contribution in [0.3, 0.4) is 0 Å². The highest BCUT2D eigenvalue weighted by atomic mass is 16.6. The number of cyclic esters (lactones) is 1. The van der Waals surface area contributed by atoms with Crippen LogP contribution in [-0.2, 0) is 28.7 Å². The highest BCUT2D eigenvalue weighted by Gasteiger charge is 2.72. The second-order valence-corrected chi connectivity index (χ2v) is 16.4. The van der Waals surface area contributed by atoms with Crippen LogP contribution in [0.2, 0.25) is 0 Å². The number of esters is 1. The van der Waals surface area contributed by atoms with Crippen molar-refractivity contribution >= 4 is 23.7 Å². The molecule has 10 heteroatoms. The number of fused-ring (bicyclic) bond motifs is 2. The van der Waals surface area contributed by atoms with Crippen molar-refractivity contribution in [1.29, 1.82) is 0 Å². The standard InChI is InChI=1S/C40H57N3O7/c1-27-33(28-18-11-10-12-19-28)49-37(48)31-29(20-13-14-21-30(45)41(27)7)50-40-22-17-24-43(39(5,6)26-38(2,3)4)36(47)34(40)42(35(46)32(31)40)23-15-8-9-16-25-44/h10-13,17-20,22,27,29,31-34,44H,8-9,14-16,21,23-26H2,1-7H3/b20-13-/t27-,29-,31+,32+,33+,34-,40+/m1/s1. The van der Waals surface area contributed by atoms with E-state index in [1.807, 2.05) is 60.4 Å². The van der Waals surface area contributed by atoms with E-state index in [0.717, 1.165) is 24.8 Å². The highest BCUT2D eigenvalue weighted by molar-refractivity contribution is 5.99. The number of nitrogens with zero attached hydrogens (tertiary/aromatic N) is 3. The molecule has 1 aromatic carbocycles. The van der Waals surface area contributed by atoms with Crippen LogP contribution in [-0.4, -0.2) is 99.6 Å². The number of likely N-dealkylation sites (N-methyl/N-ethyl adjacent to an activating group) is 1. The molecular weight excluding hydrogens is 634 g/mol. The summed E-state index contributed by atoms with van der Waals surface area (Å²) < 4.78 is 13.3. The summed E-state index contributed by atoms with van der Waals surface area (Å²) in [5.74, 6) is -3.12. The van der Waals surface area contributed by atoms with E-state index < -0.39 is 53.2 Å². The number of benzene rings is 1. The van der Waals surface area contributed by atoms with Gasteiger partial charge in [0.15, 0.2) is 0 Å². The van der Waals surface area contributed by atoms with E-state index in [1.54, 1.807) is 22.9 Å². The van der Waals surface area contributed by atoms with Gasteiger partial charge in [-0.3, -0.25) is 19.2 Å². The maximum Gasteiger partial charge on any atom is 0.313 e. The number of amides is 3. The van der Waals surface area contributed by atoms with Crippen LogP contribution in [0, 0.1) is 17.3 Å². The number of carbonyl (C=O) groups is 4. The molecule has 4 aliphatic rings. The summed E-state index contributed by atoms with van der Waals surface area (Å²) in [7, 11) is 1.72. The maximum atomic E-state index is 15.0. The minimum absolute atomic E-state index is 0.0574. The number of hydrogen-bond donors (Lipinski definition) is 1. The van der Waals surface area contributed by atoms with Crippen LogP contribution >= 0.6 is 0 Å². The fourth-order valence-corrected chi connectivity index (χ4v) is 8.81. The summed E-state index contributed by atoms with van der Waals surface area (Å²) in [6, 6.07) is 7.92. The third kappa shape index (κ3) is 7.42. The van der Waals surface area contributed by atoms with Gasteiger partial charge in [-0.15, -0.1) is 0 Å². The van der Waals surface area contributed by atoms with E-state index in [-0.39, 0.29) is 36.2 Å². The van der Waals surface area contributed by atoms with Crippen molar-refractivity contribution in [2.45, 2.75) is 122 Å². The molecule has 0 radical (unpaired) electrons. The molecule has 7 atom stereocenters. The Labute approximate surface area is 297 Å². The number of unbranched alkanes of at least 4 members (excludes halogenated alkanes) is 3. The second kappa shape index (κ2) is 15.0. The zero-order valence-corrected chi connectivity index (χ0v) is 31.0. The molecule has 4 heterocycles. The lowest BCUT2D eigenvalue weighted by Crippen LogP contribution is -2.59. The van der Waals surface area contributed by atoms with Gasteiger partial charge in [0, 0.05) is 38.7 Å². The van der Waals surface area contributed by atoms with Crippen molar-refractivity contribution in [1.82, 2.24) is 14.7 Å². The zero-order valence-electron chi connectivity index (χ0n) is 31.0. The molecule has 5 rings (SSSR count). The van der Waals surface area contributed by atoms with Crippen LogP contribution in [0.15, 0.2) is 54.6 Å². The highest BCUT2D eigenvalue weighted by Crippen LogP contribution is 2.54. The number of carbonyl (C=O) groups excluding carboxylic acids is 4. The van der Waals surface area contributed by atoms with E-state index in [1.165, 1.54) is 0 Å². The van der Waals surface area contributed by atoms with Crippen molar-refractivity contribution < 1.29 is 33.8 Å². The molecule has 1 N–H and O–H groups in total. The van der Waals surface area contributed by atoms with Crippen molar-refractivity contribution in [3.63, 3.8) is 0 Å². The van der Waals surface area contributed by atoms with E-state index in [0.29, 0.717) is 32.4 Å². The molecular formula is C40H57N3O7. The van der Waals surface area contributed by atoms with Gasteiger partial charge in [-0.05, 0) is 57.4 Å². The lowest BCUT2D eigenvalue weighted by molar-refractivity contribution is -0.164. The van der Waals surface area contributed by atoms with Gasteiger partial charge < -0.3 is 29.3 Å². The quantitative estimate of drug-likeness (QED) is 0.215. The number of allylic oxidation sites excluding steroid dienone is 1. The van der Waals surface area contributed by atoms with Crippen LogP contribution in [0.1, 0.15) is 98.2 Å². The molecule has 1 aromatic rings. The molecule has 274 valence electrons. The van der Waals surface area contributed by atoms with Crippen LogP contribution in [0.4, 0.5) is 0 Å². The number of aliphatic hydroxyl groups is 1. The molecule has 2 fully saturated rings. The van der Waals surface area contributed by atoms with Gasteiger partial charge in [0.1, 0.15) is 23.7 Å². The first kappa shape index (κ1) is 37.7. The predicted molar refractivity (Wildman–Crippen MR) is 191 cm³/mol. The monoisotopic (exact) mass is 691 g/mol. The largest absolute Gasteiger partial charge is 0.455 e. The Balaban J connectivity index is 1.58. The minimum atomic E-state index is -1.38. The van der Waals surface area contributed by atoms with Crippen LogP contribution < -0.4 is 0 Å². The van der Waals surface area contributed by atoms with Gasteiger partial charge in [-0.1, -0.05) is 88.2 Å². The van der Waals surface area contributed by atoms with Gasteiger partial charge in [-0.2, -0.15) is 0 Å². The molecule has 2 saturated heterocycles. The van der Waals surface area contributed by atoms with Crippen molar-refractivity contribution in [2.75, 3.05) is 26.7 Å². The van der Waals surface area contributed by atoms with Crippen LogP contribution in [0.5, 0.6) is 0 Å². The Kier molecular flexibility index (Phi) is 11.3. The maximum absolute atomic E-state index is 15.0. The van der Waals surface area contributed by atoms with Crippen molar-refractivity contribution in [3.8, 4) is 0 Å². The SMILES string of the molecule is C[C@@H]1[C@@H](c2ccccc2)OC(=O)[C@@H]2[C@H]3C(=O)N(CCCCCCO)[C@@H]4C(=O)N(C(C)(C)CC(C)(C)C)CC=C[C@]34O[C@@H]2/C=C\CCC(=O)N1C. The van der Waals surface area contributed by atoms with E-state index >= 15 is 0 Å². The van der Waals surface area contributed by atoms with Crippen molar-refractivity contribution in [3.05, 3.63) is 60.2 Å². The molecule has 50 heavy (non-hydrogen) atoms. The average Bonchev–Trinajstić information content (AvgIpc) is 3.43. The molecule has 0 aliphatic carbocycles. The summed E-state index contributed by atoms with van der Waals surface area (Å²) in [5, 5.41) is 9.31. The smallest absolute Gasteiger partial charge is 0.313 e. The Hall–Kier alpha value is -3.50. The Morgan fingerprint density at radius 3 is 2.32 bits per heavy atom. The van der Waals surface area contributed by atoms with Gasteiger partial charge in [0.05, 0.1) is 18.1 Å². The second-order valence-electron chi connectivity index (χ2n) is 16.4. The Morgan fingerprint density at radius 1 is 0.940 bits per heavy atom. The minimum Gasteiger partial charge on any atom is -0.455 e. The van der Waals surface area contributed by atoms with Crippen LogP contribution in [0.25, 0.3) is 0 Å². The lowest BCUT2D eigenvalue weighted by atomic mass is 9.77. The fourth-order valence-electron chi connectivity index (χ4n) is 8.81. The lowest BCUT2D eigenvalue weighted by Gasteiger charge is -2.44. The summed E-state index contributed by atoms with van der Waals surface area (Å²) in [6.45, 7) is 13.3. The molecule has 3 amide bonds. The first-order chi connectivity index (χ1) is 23.6. The van der Waals surface area contributed by atoms with E-state index in [4.69, 9.17) is 9.47 Å². The number of ether oxygens (including phenoxy) is 2. The molecule has 4 aliphatic heterocycles. The molecule has 0 unspecified atom stereocenters. The van der Waals surface area contributed by atoms with Gasteiger partial charge in [0.25, 0.3) is 0 Å². The predicted octanol–water partition coefficient (Wildman–Crippen LogP) is 5.21. The van der Waals surface area contributed by atoms with Gasteiger partial charge in [0.2, 0.25) is 17.7 Å². The third-order valence-electron chi connectivity index (χ3n) is 10.9.